The van der Waals surface area contributed by atoms with Gasteiger partial charge in [-0.15, -0.1) is 0 Å². The van der Waals surface area contributed by atoms with Crippen molar-refractivity contribution in [3.05, 3.63) is 46.1 Å². The van der Waals surface area contributed by atoms with E-state index in [2.05, 4.69) is 26.2 Å². The number of nitrogens with one attached hydrogen (secondary N) is 1. The molecule has 98 valence electrons. The molecule has 2 aromatic rings. The lowest BCUT2D eigenvalue weighted by atomic mass is 10.1. The minimum absolute atomic E-state index is 0.0117. The molecule has 3 N–H and O–H groups in total. The highest BCUT2D eigenvalue weighted by Crippen LogP contribution is 2.23. The maximum absolute atomic E-state index is 11.9. The zero-order valence-corrected chi connectivity index (χ0v) is 11.6. The van der Waals surface area contributed by atoms with Gasteiger partial charge in [0.05, 0.1) is 5.56 Å². The van der Waals surface area contributed by atoms with Crippen LogP contribution in [0, 0.1) is 6.92 Å². The molecular weight excluding hydrogens is 312 g/mol. The average Bonchev–Trinajstić information content (AvgIpc) is 2.36. The first kappa shape index (κ1) is 13.4. The molecule has 0 aliphatic heterocycles. The molecule has 19 heavy (non-hydrogen) atoms. The third-order valence-electron chi connectivity index (χ3n) is 2.51. The summed E-state index contributed by atoms with van der Waals surface area (Å²) in [5.74, 6) is -0.469. The fraction of sp³-hybridized carbons (Fsp3) is 0.0769. The fourth-order valence-corrected chi connectivity index (χ4v) is 1.71. The van der Waals surface area contributed by atoms with Gasteiger partial charge in [0.25, 0.3) is 5.91 Å². The van der Waals surface area contributed by atoms with E-state index in [1.807, 2.05) is 6.92 Å². The number of aryl methyl sites for hydroxylation is 1. The van der Waals surface area contributed by atoms with E-state index in [1.54, 1.807) is 12.3 Å². The van der Waals surface area contributed by atoms with Gasteiger partial charge in [-0.05, 0) is 52.7 Å². The number of aromatic nitrogens is 1. The summed E-state index contributed by atoms with van der Waals surface area (Å²) in [6.07, 6.45) is 1.58. The van der Waals surface area contributed by atoms with Gasteiger partial charge in [0, 0.05) is 10.7 Å². The Bertz CT molecular complexity index is 644. The summed E-state index contributed by atoms with van der Waals surface area (Å²) in [5.41, 5.74) is 0.910. The Labute approximate surface area is 118 Å². The first-order valence-corrected chi connectivity index (χ1v) is 6.22. The topological polar surface area (TPSA) is 82.5 Å². The van der Waals surface area contributed by atoms with E-state index in [0.29, 0.717) is 5.82 Å². The van der Waals surface area contributed by atoms with E-state index < -0.39 is 5.91 Å². The molecule has 0 atom stereocenters. The van der Waals surface area contributed by atoms with Gasteiger partial charge in [-0.1, -0.05) is 0 Å². The van der Waals surface area contributed by atoms with Crippen molar-refractivity contribution in [1.29, 1.82) is 0 Å². The van der Waals surface area contributed by atoms with Crippen molar-refractivity contribution in [2.45, 2.75) is 6.92 Å². The summed E-state index contributed by atoms with van der Waals surface area (Å²) in [5, 5.41) is 21.5. The third-order valence-corrected chi connectivity index (χ3v) is 3.34. The first-order valence-electron chi connectivity index (χ1n) is 5.43. The molecule has 0 spiro atoms. The van der Waals surface area contributed by atoms with Gasteiger partial charge in [0.15, 0.2) is 0 Å². The van der Waals surface area contributed by atoms with Gasteiger partial charge in [0.1, 0.15) is 17.3 Å². The Morgan fingerprint density at radius 2 is 2.05 bits per heavy atom. The molecule has 1 aromatic carbocycles. The lowest BCUT2D eigenvalue weighted by Gasteiger charge is -2.07. The summed E-state index contributed by atoms with van der Waals surface area (Å²) in [7, 11) is 0. The lowest BCUT2D eigenvalue weighted by Crippen LogP contribution is -2.13. The predicted molar refractivity (Wildman–Crippen MR) is 74.4 cm³/mol. The Morgan fingerprint density at radius 3 is 2.74 bits per heavy atom. The number of hydrogen-bond acceptors (Lipinski definition) is 4. The van der Waals surface area contributed by atoms with Crippen LogP contribution < -0.4 is 5.32 Å². The second kappa shape index (κ2) is 5.27. The maximum Gasteiger partial charge on any atom is 0.260 e. The fourth-order valence-electron chi connectivity index (χ4n) is 1.50. The van der Waals surface area contributed by atoms with Gasteiger partial charge in [0.2, 0.25) is 0 Å². The van der Waals surface area contributed by atoms with Crippen LogP contribution >= 0.6 is 15.9 Å². The zero-order valence-electron chi connectivity index (χ0n) is 10.0. The van der Waals surface area contributed by atoms with Crippen LogP contribution in [-0.2, 0) is 0 Å². The summed E-state index contributed by atoms with van der Waals surface area (Å²) in [6, 6.07) is 5.44. The highest BCUT2D eigenvalue weighted by Gasteiger charge is 2.13. The van der Waals surface area contributed by atoms with Crippen molar-refractivity contribution in [2.24, 2.45) is 0 Å². The summed E-state index contributed by atoms with van der Waals surface area (Å²) in [4.78, 5) is 16.0. The highest BCUT2D eigenvalue weighted by atomic mass is 79.9. The standard InChI is InChI=1S/C13H11BrN2O3/c1-7-4-12(15-6-10(7)14)16-13(19)9-5-8(17)2-3-11(9)18/h2-6,17-18H,1H3,(H,15,16,19). The van der Waals surface area contributed by atoms with Crippen molar-refractivity contribution in [1.82, 2.24) is 4.98 Å². The van der Waals surface area contributed by atoms with Crippen molar-refractivity contribution in [2.75, 3.05) is 5.32 Å². The molecule has 5 nitrogen and oxygen atoms in total. The first-order chi connectivity index (χ1) is 8.97. The molecule has 1 heterocycles. The molecule has 0 unspecified atom stereocenters. The number of amides is 1. The minimum atomic E-state index is -0.539. The largest absolute Gasteiger partial charge is 0.508 e. The van der Waals surface area contributed by atoms with Crippen molar-refractivity contribution in [3.63, 3.8) is 0 Å². The van der Waals surface area contributed by atoms with Gasteiger partial charge >= 0.3 is 0 Å². The number of phenols is 2. The second-order valence-electron chi connectivity index (χ2n) is 3.97. The van der Waals surface area contributed by atoms with E-state index in [1.165, 1.54) is 18.2 Å². The number of benzene rings is 1. The van der Waals surface area contributed by atoms with Crippen molar-refractivity contribution < 1.29 is 15.0 Å². The molecule has 0 aliphatic carbocycles. The van der Waals surface area contributed by atoms with E-state index in [0.717, 1.165) is 10.0 Å². The molecule has 0 radical (unpaired) electrons. The number of carbonyl (C=O) groups excluding carboxylic acids is 1. The number of aromatic hydroxyl groups is 2. The highest BCUT2D eigenvalue weighted by molar-refractivity contribution is 9.10. The predicted octanol–water partition coefficient (Wildman–Crippen LogP) is 2.82. The SMILES string of the molecule is Cc1cc(NC(=O)c2cc(O)ccc2O)ncc1Br. The molecule has 0 fully saturated rings. The average molecular weight is 323 g/mol. The number of carbonyl (C=O) groups is 1. The molecule has 0 saturated carbocycles. The van der Waals surface area contributed by atoms with Gasteiger partial charge < -0.3 is 15.5 Å². The molecule has 6 heteroatoms. The van der Waals surface area contributed by atoms with Gasteiger partial charge in [-0.25, -0.2) is 4.98 Å². The number of phenolic OH excluding ortho intramolecular Hbond substituents is 2. The molecule has 2 rings (SSSR count). The Morgan fingerprint density at radius 1 is 1.32 bits per heavy atom. The number of rotatable bonds is 2. The van der Waals surface area contributed by atoms with Crippen LogP contribution in [0.25, 0.3) is 0 Å². The van der Waals surface area contributed by atoms with Crippen LogP contribution in [-0.4, -0.2) is 21.1 Å². The van der Waals surface area contributed by atoms with Crippen molar-refractivity contribution in [3.8, 4) is 11.5 Å². The number of pyridine rings is 1. The van der Waals surface area contributed by atoms with E-state index in [4.69, 9.17) is 0 Å². The lowest BCUT2D eigenvalue weighted by molar-refractivity contribution is 0.102. The van der Waals surface area contributed by atoms with E-state index >= 15 is 0 Å². The number of halogens is 1. The van der Waals surface area contributed by atoms with Crippen LogP contribution in [0.15, 0.2) is 34.9 Å². The summed E-state index contributed by atoms with van der Waals surface area (Å²) >= 11 is 3.31. The molecule has 0 bridgehead atoms. The van der Waals surface area contributed by atoms with Crippen molar-refractivity contribution >= 4 is 27.7 Å². The van der Waals surface area contributed by atoms with Gasteiger partial charge in [-0.3, -0.25) is 4.79 Å². The van der Waals surface area contributed by atoms with E-state index in [-0.39, 0.29) is 17.1 Å². The summed E-state index contributed by atoms with van der Waals surface area (Å²) in [6.45, 7) is 1.87. The maximum atomic E-state index is 11.9. The molecular formula is C13H11BrN2O3. The quantitative estimate of drug-likeness (QED) is 0.742. The Hall–Kier alpha value is -2.08. The monoisotopic (exact) mass is 322 g/mol. The number of hydrogen-bond donors (Lipinski definition) is 3. The third kappa shape index (κ3) is 3.03. The minimum Gasteiger partial charge on any atom is -0.508 e. The molecule has 0 saturated heterocycles. The van der Waals surface area contributed by atoms with E-state index in [9.17, 15) is 15.0 Å². The Kier molecular flexibility index (Phi) is 3.71. The molecule has 1 aromatic heterocycles. The molecule has 1 amide bonds. The summed E-state index contributed by atoms with van der Waals surface area (Å²) < 4.78 is 0.839. The van der Waals surface area contributed by atoms with Crippen LogP contribution in [0.5, 0.6) is 11.5 Å². The number of nitrogens with zero attached hydrogens (tertiary/aromatic N) is 1. The van der Waals surface area contributed by atoms with Gasteiger partial charge in [-0.2, -0.15) is 0 Å². The molecule has 0 aliphatic rings. The Balaban J connectivity index is 2.25. The van der Waals surface area contributed by atoms with Crippen LogP contribution in [0.1, 0.15) is 15.9 Å². The normalized spacial score (nSPS) is 10.2. The zero-order chi connectivity index (χ0) is 14.0. The van der Waals surface area contributed by atoms with Crippen LogP contribution in [0.3, 0.4) is 0 Å². The second-order valence-corrected chi connectivity index (χ2v) is 4.83. The van der Waals surface area contributed by atoms with Crippen LogP contribution in [0.2, 0.25) is 0 Å². The number of anilines is 1. The smallest absolute Gasteiger partial charge is 0.260 e. The van der Waals surface area contributed by atoms with Crippen LogP contribution in [0.4, 0.5) is 5.82 Å².